The fourth-order valence-electron chi connectivity index (χ4n) is 2.02. The molecule has 1 unspecified atom stereocenters. The normalized spacial score (nSPS) is 13.7. The van der Waals surface area contributed by atoms with Crippen LogP contribution in [0.2, 0.25) is 0 Å². The first-order chi connectivity index (χ1) is 8.99. The second-order valence-corrected chi connectivity index (χ2v) is 7.21. The molecule has 0 aromatic carbocycles. The van der Waals surface area contributed by atoms with Crippen molar-refractivity contribution in [2.45, 2.75) is 78.2 Å². The second-order valence-electron chi connectivity index (χ2n) is 6.32. The van der Waals surface area contributed by atoms with Crippen molar-refractivity contribution in [3.8, 4) is 0 Å². The molecule has 1 aromatic rings. The van der Waals surface area contributed by atoms with Crippen molar-refractivity contribution < 1.29 is 0 Å². The minimum Gasteiger partial charge on any atom is -0.308 e. The van der Waals surface area contributed by atoms with E-state index < -0.39 is 0 Å². The summed E-state index contributed by atoms with van der Waals surface area (Å²) in [6, 6.07) is 0.451. The lowest BCUT2D eigenvalue weighted by Gasteiger charge is -2.17. The maximum Gasteiger partial charge on any atom is 0.110 e. The van der Waals surface area contributed by atoms with Crippen LogP contribution in [0.3, 0.4) is 0 Å². The summed E-state index contributed by atoms with van der Waals surface area (Å²) in [5.74, 6) is 0. The molecule has 0 amide bonds. The van der Waals surface area contributed by atoms with E-state index in [1.165, 1.54) is 42.8 Å². The van der Waals surface area contributed by atoms with Crippen molar-refractivity contribution in [3.05, 3.63) is 16.1 Å². The van der Waals surface area contributed by atoms with Gasteiger partial charge in [-0.25, -0.2) is 4.98 Å². The standard InChI is InChI=1S/C16H30N2S/c1-6-8-9-10-13(17-11-7-2)15-18-14(12-19-15)16(3,4)5/h12-13,17H,6-11H2,1-5H3. The average molecular weight is 282 g/mol. The lowest BCUT2D eigenvalue weighted by Crippen LogP contribution is -2.22. The second kappa shape index (κ2) is 8.01. The summed E-state index contributed by atoms with van der Waals surface area (Å²) < 4.78 is 0. The van der Waals surface area contributed by atoms with Gasteiger partial charge in [-0.15, -0.1) is 11.3 Å². The van der Waals surface area contributed by atoms with E-state index in [0.717, 1.165) is 6.54 Å². The molecule has 0 aliphatic carbocycles. The van der Waals surface area contributed by atoms with Gasteiger partial charge in [0.15, 0.2) is 0 Å². The van der Waals surface area contributed by atoms with Crippen molar-refractivity contribution in [2.24, 2.45) is 0 Å². The van der Waals surface area contributed by atoms with Gasteiger partial charge in [0, 0.05) is 10.8 Å². The molecular weight excluding hydrogens is 252 g/mol. The smallest absolute Gasteiger partial charge is 0.110 e. The van der Waals surface area contributed by atoms with Gasteiger partial charge in [0.1, 0.15) is 5.01 Å². The minimum absolute atomic E-state index is 0.160. The molecule has 1 heterocycles. The lowest BCUT2D eigenvalue weighted by atomic mass is 9.93. The van der Waals surface area contributed by atoms with Crippen molar-refractivity contribution in [1.29, 1.82) is 0 Å². The minimum atomic E-state index is 0.160. The number of aromatic nitrogens is 1. The summed E-state index contributed by atoms with van der Waals surface area (Å²) in [7, 11) is 0. The molecule has 0 radical (unpaired) electrons. The molecule has 0 spiro atoms. The summed E-state index contributed by atoms with van der Waals surface area (Å²) in [5.41, 5.74) is 1.39. The Hall–Kier alpha value is -0.410. The Labute approximate surface area is 123 Å². The molecule has 0 bridgehead atoms. The first-order valence-corrected chi connectivity index (χ1v) is 8.56. The van der Waals surface area contributed by atoms with Crippen molar-refractivity contribution in [3.63, 3.8) is 0 Å². The number of hydrogen-bond donors (Lipinski definition) is 1. The van der Waals surface area contributed by atoms with Crippen LogP contribution in [-0.4, -0.2) is 11.5 Å². The molecule has 0 aliphatic heterocycles. The SMILES string of the molecule is CCCCCC(NCCC)c1nc(C(C)(C)C)cs1. The molecule has 110 valence electrons. The summed E-state index contributed by atoms with van der Waals surface area (Å²) >= 11 is 1.82. The number of unbranched alkanes of at least 4 members (excludes halogenated alkanes) is 2. The van der Waals surface area contributed by atoms with Crippen LogP contribution in [-0.2, 0) is 5.41 Å². The highest BCUT2D eigenvalue weighted by atomic mass is 32.1. The topological polar surface area (TPSA) is 24.9 Å². The highest BCUT2D eigenvalue weighted by Crippen LogP contribution is 2.29. The molecule has 1 aromatic heterocycles. The zero-order chi connectivity index (χ0) is 14.3. The molecule has 1 N–H and O–H groups in total. The van der Waals surface area contributed by atoms with E-state index in [9.17, 15) is 0 Å². The van der Waals surface area contributed by atoms with Crippen LogP contribution in [0.15, 0.2) is 5.38 Å². The van der Waals surface area contributed by atoms with Crippen LogP contribution in [0.5, 0.6) is 0 Å². The van der Waals surface area contributed by atoms with Gasteiger partial charge in [-0.3, -0.25) is 0 Å². The van der Waals surface area contributed by atoms with Gasteiger partial charge in [0.2, 0.25) is 0 Å². The molecule has 1 atom stereocenters. The van der Waals surface area contributed by atoms with E-state index in [4.69, 9.17) is 4.98 Å². The molecule has 19 heavy (non-hydrogen) atoms. The fraction of sp³-hybridized carbons (Fsp3) is 0.812. The summed E-state index contributed by atoms with van der Waals surface area (Å²) in [6.45, 7) is 12.3. The van der Waals surface area contributed by atoms with Gasteiger partial charge >= 0.3 is 0 Å². The largest absolute Gasteiger partial charge is 0.308 e. The van der Waals surface area contributed by atoms with Crippen LogP contribution in [0, 0.1) is 0 Å². The quantitative estimate of drug-likeness (QED) is 0.674. The third-order valence-electron chi connectivity index (χ3n) is 3.33. The molecule has 1 rings (SSSR count). The number of hydrogen-bond acceptors (Lipinski definition) is 3. The lowest BCUT2D eigenvalue weighted by molar-refractivity contribution is 0.469. The Morgan fingerprint density at radius 3 is 2.47 bits per heavy atom. The molecule has 2 nitrogen and oxygen atoms in total. The molecule has 0 fully saturated rings. The zero-order valence-electron chi connectivity index (χ0n) is 13.3. The molecular formula is C16H30N2S. The fourth-order valence-corrected chi connectivity index (χ4v) is 3.18. The van der Waals surface area contributed by atoms with E-state index in [0.29, 0.717) is 6.04 Å². The predicted octanol–water partition coefficient (Wildman–Crippen LogP) is 5.06. The van der Waals surface area contributed by atoms with Crippen LogP contribution in [0.4, 0.5) is 0 Å². The van der Waals surface area contributed by atoms with E-state index >= 15 is 0 Å². The van der Waals surface area contributed by atoms with Gasteiger partial charge in [-0.05, 0) is 19.4 Å². The Balaban J connectivity index is 2.70. The Morgan fingerprint density at radius 2 is 1.95 bits per heavy atom. The number of nitrogens with zero attached hydrogens (tertiary/aromatic N) is 1. The highest BCUT2D eigenvalue weighted by molar-refractivity contribution is 7.09. The van der Waals surface area contributed by atoms with Gasteiger partial charge in [-0.2, -0.15) is 0 Å². The average Bonchev–Trinajstić information content (AvgIpc) is 2.83. The zero-order valence-corrected chi connectivity index (χ0v) is 14.1. The Kier molecular flexibility index (Phi) is 7.01. The number of nitrogens with one attached hydrogen (secondary N) is 1. The Morgan fingerprint density at radius 1 is 1.21 bits per heavy atom. The first-order valence-electron chi connectivity index (χ1n) is 7.68. The maximum absolute atomic E-state index is 4.87. The van der Waals surface area contributed by atoms with Gasteiger partial charge < -0.3 is 5.32 Å². The maximum atomic E-state index is 4.87. The summed E-state index contributed by atoms with van der Waals surface area (Å²) in [6.07, 6.45) is 6.29. The first kappa shape index (κ1) is 16.6. The van der Waals surface area contributed by atoms with Crippen molar-refractivity contribution in [1.82, 2.24) is 10.3 Å². The van der Waals surface area contributed by atoms with Crippen LogP contribution < -0.4 is 5.32 Å². The van der Waals surface area contributed by atoms with Gasteiger partial charge in [0.25, 0.3) is 0 Å². The van der Waals surface area contributed by atoms with Crippen LogP contribution in [0.1, 0.15) is 83.5 Å². The van der Waals surface area contributed by atoms with E-state index in [1.54, 1.807) is 0 Å². The Bertz CT molecular complexity index is 352. The monoisotopic (exact) mass is 282 g/mol. The van der Waals surface area contributed by atoms with Crippen LogP contribution in [0.25, 0.3) is 0 Å². The summed E-state index contributed by atoms with van der Waals surface area (Å²) in [5, 5.41) is 7.16. The third kappa shape index (κ3) is 5.62. The highest BCUT2D eigenvalue weighted by Gasteiger charge is 2.20. The predicted molar refractivity (Wildman–Crippen MR) is 86.0 cm³/mol. The number of thiazole rings is 1. The third-order valence-corrected chi connectivity index (χ3v) is 4.28. The van der Waals surface area contributed by atoms with Gasteiger partial charge in [0.05, 0.1) is 11.7 Å². The summed E-state index contributed by atoms with van der Waals surface area (Å²) in [4.78, 5) is 4.87. The van der Waals surface area contributed by atoms with Crippen molar-refractivity contribution in [2.75, 3.05) is 6.54 Å². The van der Waals surface area contributed by atoms with Crippen molar-refractivity contribution >= 4 is 11.3 Å². The molecule has 0 saturated carbocycles. The van der Waals surface area contributed by atoms with Gasteiger partial charge in [-0.1, -0.05) is 53.9 Å². The van der Waals surface area contributed by atoms with Crippen LogP contribution >= 0.6 is 11.3 Å². The molecule has 0 aliphatic rings. The molecule has 3 heteroatoms. The molecule has 0 saturated heterocycles. The van der Waals surface area contributed by atoms with E-state index in [2.05, 4.69) is 45.3 Å². The van der Waals surface area contributed by atoms with E-state index in [1.807, 2.05) is 11.3 Å². The number of rotatable bonds is 8. The van der Waals surface area contributed by atoms with E-state index in [-0.39, 0.29) is 5.41 Å².